The zero-order chi connectivity index (χ0) is 9.90. The molecule has 0 radical (unpaired) electrons. The molecule has 1 aliphatic rings. The van der Waals surface area contributed by atoms with Crippen LogP contribution in [-0.4, -0.2) is 11.3 Å². The normalized spacial score (nSPS) is 18.4. The predicted octanol–water partition coefficient (Wildman–Crippen LogP) is 2.26. The van der Waals surface area contributed by atoms with Crippen molar-refractivity contribution in [3.05, 3.63) is 0 Å². The van der Waals surface area contributed by atoms with Gasteiger partial charge in [0.2, 0.25) is 0 Å². The highest BCUT2D eigenvalue weighted by Crippen LogP contribution is 2.30. The van der Waals surface area contributed by atoms with E-state index in [1.807, 2.05) is 13.8 Å². The van der Waals surface area contributed by atoms with Crippen LogP contribution in [0.5, 0.6) is 0 Å². The molecule has 0 heterocycles. The molecule has 2 heteroatoms. The van der Waals surface area contributed by atoms with Gasteiger partial charge in [-0.1, -0.05) is 19.3 Å². The van der Waals surface area contributed by atoms with Crippen molar-refractivity contribution in [2.75, 3.05) is 0 Å². The van der Waals surface area contributed by atoms with E-state index < -0.39 is 0 Å². The van der Waals surface area contributed by atoms with E-state index in [-0.39, 0.29) is 5.54 Å². The molecule has 2 N–H and O–H groups in total. The van der Waals surface area contributed by atoms with Crippen LogP contribution in [0.4, 0.5) is 0 Å². The van der Waals surface area contributed by atoms with Crippen LogP contribution in [0, 0.1) is 5.92 Å². The van der Waals surface area contributed by atoms with Gasteiger partial charge in [-0.25, -0.2) is 0 Å². The molecule has 0 aromatic carbocycles. The van der Waals surface area contributed by atoms with Crippen LogP contribution in [0.2, 0.25) is 0 Å². The topological polar surface area (TPSA) is 43.1 Å². The molecule has 76 valence electrons. The molecule has 0 bridgehead atoms. The van der Waals surface area contributed by atoms with Crippen LogP contribution >= 0.6 is 0 Å². The molecule has 0 aliphatic heterocycles. The van der Waals surface area contributed by atoms with Crippen molar-refractivity contribution in [1.82, 2.24) is 0 Å². The minimum absolute atomic E-state index is 0.185. The molecular formula is C11H21NO. The molecule has 0 unspecified atom stereocenters. The maximum absolute atomic E-state index is 11.4. The summed E-state index contributed by atoms with van der Waals surface area (Å²) >= 11 is 0. The van der Waals surface area contributed by atoms with Gasteiger partial charge in [-0.15, -0.1) is 0 Å². The largest absolute Gasteiger partial charge is 0.326 e. The van der Waals surface area contributed by atoms with Crippen LogP contribution in [0.25, 0.3) is 0 Å². The van der Waals surface area contributed by atoms with E-state index >= 15 is 0 Å². The molecule has 1 fully saturated rings. The Morgan fingerprint density at radius 3 is 2.46 bits per heavy atom. The summed E-state index contributed by atoms with van der Waals surface area (Å²) in [5.41, 5.74) is 5.62. The Labute approximate surface area is 80.9 Å². The van der Waals surface area contributed by atoms with Crippen LogP contribution in [0.15, 0.2) is 0 Å². The van der Waals surface area contributed by atoms with Gasteiger partial charge in [0.25, 0.3) is 0 Å². The zero-order valence-corrected chi connectivity index (χ0v) is 8.81. The lowest BCUT2D eigenvalue weighted by molar-refractivity contribution is -0.120. The van der Waals surface area contributed by atoms with E-state index in [1.54, 1.807) is 0 Å². The zero-order valence-electron chi connectivity index (χ0n) is 8.81. The Bertz CT molecular complexity index is 177. The van der Waals surface area contributed by atoms with Crippen molar-refractivity contribution in [2.45, 2.75) is 57.9 Å². The first-order valence-electron chi connectivity index (χ1n) is 5.28. The fraction of sp³-hybridized carbons (Fsp3) is 0.909. The molecule has 0 spiro atoms. The minimum Gasteiger partial charge on any atom is -0.326 e. The summed E-state index contributed by atoms with van der Waals surface area (Å²) in [6.45, 7) is 3.95. The lowest BCUT2D eigenvalue weighted by atomic mass is 9.81. The molecule has 0 aromatic heterocycles. The first-order valence-corrected chi connectivity index (χ1v) is 5.28. The van der Waals surface area contributed by atoms with Crippen molar-refractivity contribution < 1.29 is 4.79 Å². The Morgan fingerprint density at radius 2 is 2.08 bits per heavy atom. The second kappa shape index (κ2) is 4.23. The molecule has 0 saturated heterocycles. The highest BCUT2D eigenvalue weighted by atomic mass is 16.1. The number of rotatable bonds is 5. The predicted molar refractivity (Wildman–Crippen MR) is 54.5 cm³/mol. The van der Waals surface area contributed by atoms with Gasteiger partial charge >= 0.3 is 0 Å². The summed E-state index contributed by atoms with van der Waals surface area (Å²) in [5.74, 6) is 1.11. The third kappa shape index (κ3) is 4.41. The molecule has 1 aliphatic carbocycles. The number of hydrogen-bond acceptors (Lipinski definition) is 2. The minimum atomic E-state index is -0.185. The van der Waals surface area contributed by atoms with Crippen molar-refractivity contribution in [3.8, 4) is 0 Å². The molecule has 0 atom stereocenters. The first kappa shape index (κ1) is 10.7. The van der Waals surface area contributed by atoms with Crippen molar-refractivity contribution in [2.24, 2.45) is 11.7 Å². The number of carbonyl (C=O) groups excluding carboxylic acids is 1. The summed E-state index contributed by atoms with van der Waals surface area (Å²) in [6.07, 6.45) is 6.13. The van der Waals surface area contributed by atoms with E-state index in [4.69, 9.17) is 5.73 Å². The van der Waals surface area contributed by atoms with Gasteiger partial charge in [-0.3, -0.25) is 4.79 Å². The lowest BCUT2D eigenvalue weighted by Crippen LogP contribution is -2.32. The fourth-order valence-electron chi connectivity index (χ4n) is 1.58. The van der Waals surface area contributed by atoms with Gasteiger partial charge < -0.3 is 5.73 Å². The van der Waals surface area contributed by atoms with Crippen LogP contribution in [-0.2, 0) is 4.79 Å². The maximum Gasteiger partial charge on any atom is 0.133 e. The Kier molecular flexibility index (Phi) is 3.48. The van der Waals surface area contributed by atoms with Gasteiger partial charge in [-0.05, 0) is 26.2 Å². The maximum atomic E-state index is 11.4. The molecule has 0 aromatic rings. The number of nitrogens with two attached hydrogens (primary N) is 1. The van der Waals surface area contributed by atoms with E-state index in [1.165, 1.54) is 19.3 Å². The van der Waals surface area contributed by atoms with E-state index in [2.05, 4.69) is 0 Å². The Hall–Kier alpha value is -0.370. The Morgan fingerprint density at radius 1 is 1.46 bits per heavy atom. The molecule has 1 rings (SSSR count). The number of Topliss-reactive ketones (excluding diaryl/α,β-unsaturated/α-hetero) is 1. The SMILES string of the molecule is CC(C)(N)CCC(=O)CC1CCC1. The standard InChI is InChI=1S/C11H21NO/c1-11(2,12)7-6-10(13)8-9-4-3-5-9/h9H,3-8,12H2,1-2H3. The molecule has 1 saturated carbocycles. The quantitative estimate of drug-likeness (QED) is 0.710. The molecular weight excluding hydrogens is 162 g/mol. The van der Waals surface area contributed by atoms with Gasteiger partial charge in [-0.2, -0.15) is 0 Å². The first-order chi connectivity index (χ1) is 5.97. The van der Waals surface area contributed by atoms with Crippen LogP contribution in [0.3, 0.4) is 0 Å². The van der Waals surface area contributed by atoms with Crippen LogP contribution in [0.1, 0.15) is 52.4 Å². The lowest BCUT2D eigenvalue weighted by Gasteiger charge is -2.25. The third-order valence-corrected chi connectivity index (χ3v) is 2.79. The highest BCUT2D eigenvalue weighted by molar-refractivity contribution is 5.78. The average molecular weight is 183 g/mol. The van der Waals surface area contributed by atoms with Gasteiger partial charge in [0.15, 0.2) is 0 Å². The second-order valence-electron chi connectivity index (χ2n) is 5.03. The van der Waals surface area contributed by atoms with Gasteiger partial charge in [0, 0.05) is 18.4 Å². The van der Waals surface area contributed by atoms with Gasteiger partial charge in [0.05, 0.1) is 0 Å². The van der Waals surface area contributed by atoms with Crippen molar-refractivity contribution >= 4 is 5.78 Å². The van der Waals surface area contributed by atoms with E-state index in [0.29, 0.717) is 18.1 Å². The molecule has 0 amide bonds. The smallest absolute Gasteiger partial charge is 0.133 e. The molecule has 13 heavy (non-hydrogen) atoms. The third-order valence-electron chi connectivity index (χ3n) is 2.79. The fourth-order valence-corrected chi connectivity index (χ4v) is 1.58. The van der Waals surface area contributed by atoms with E-state index in [0.717, 1.165) is 12.8 Å². The number of ketones is 1. The Balaban J connectivity index is 2.10. The summed E-state index contributed by atoms with van der Waals surface area (Å²) in [4.78, 5) is 11.4. The monoisotopic (exact) mass is 183 g/mol. The van der Waals surface area contributed by atoms with Crippen molar-refractivity contribution in [1.29, 1.82) is 0 Å². The number of carbonyl (C=O) groups is 1. The summed E-state index contributed by atoms with van der Waals surface area (Å²) in [5, 5.41) is 0. The van der Waals surface area contributed by atoms with E-state index in [9.17, 15) is 4.79 Å². The number of hydrogen-bond donors (Lipinski definition) is 1. The second-order valence-corrected chi connectivity index (χ2v) is 5.03. The highest BCUT2D eigenvalue weighted by Gasteiger charge is 2.21. The summed E-state index contributed by atoms with van der Waals surface area (Å²) in [7, 11) is 0. The van der Waals surface area contributed by atoms with Crippen LogP contribution < -0.4 is 5.73 Å². The van der Waals surface area contributed by atoms with Crippen molar-refractivity contribution in [3.63, 3.8) is 0 Å². The van der Waals surface area contributed by atoms with Gasteiger partial charge in [0.1, 0.15) is 5.78 Å². The summed E-state index contributed by atoms with van der Waals surface area (Å²) < 4.78 is 0. The summed E-state index contributed by atoms with van der Waals surface area (Å²) in [6, 6.07) is 0. The molecule has 2 nitrogen and oxygen atoms in total. The average Bonchev–Trinajstić information content (AvgIpc) is 1.91.